The molecule has 0 aliphatic rings. The van der Waals surface area contributed by atoms with Crippen LogP contribution in [0, 0.1) is 0 Å². The summed E-state index contributed by atoms with van der Waals surface area (Å²) in [6.07, 6.45) is 0. The number of nitrogens with one attached hydrogen (secondary N) is 1. The van der Waals surface area contributed by atoms with Crippen LogP contribution in [0.3, 0.4) is 0 Å². The van der Waals surface area contributed by atoms with E-state index >= 15 is 0 Å². The van der Waals surface area contributed by atoms with Crippen LogP contribution in [0.1, 0.15) is 33.3 Å². The van der Waals surface area contributed by atoms with Crippen molar-refractivity contribution in [1.82, 2.24) is 5.32 Å². The summed E-state index contributed by atoms with van der Waals surface area (Å²) in [5, 5.41) is 3.57. The van der Waals surface area contributed by atoms with Gasteiger partial charge in [0.05, 0.1) is 5.66 Å². The molecule has 23 heavy (non-hydrogen) atoms. The SMILES string of the molecule is CCN=C(c1ccccc1)N(c1ccccc1)C(C)(C)NCC. The summed E-state index contributed by atoms with van der Waals surface area (Å²) >= 11 is 0. The Hall–Kier alpha value is -2.13. The standard InChI is InChI=1S/C20H27N3/c1-5-21-19(17-13-9-7-10-14-17)23(20(3,4)22-6-2)18-15-11-8-12-16-18/h7-16,22H,5-6H2,1-4H3. The lowest BCUT2D eigenvalue weighted by Gasteiger charge is -2.41. The van der Waals surface area contributed by atoms with Crippen molar-refractivity contribution >= 4 is 11.5 Å². The maximum absolute atomic E-state index is 4.82. The normalized spacial score (nSPS) is 12.3. The largest absolute Gasteiger partial charge is 0.308 e. The van der Waals surface area contributed by atoms with Gasteiger partial charge >= 0.3 is 0 Å². The van der Waals surface area contributed by atoms with E-state index < -0.39 is 0 Å². The summed E-state index contributed by atoms with van der Waals surface area (Å²) in [5.41, 5.74) is 2.01. The highest BCUT2D eigenvalue weighted by Crippen LogP contribution is 2.25. The molecule has 0 bridgehead atoms. The molecule has 0 saturated carbocycles. The van der Waals surface area contributed by atoms with E-state index in [9.17, 15) is 0 Å². The Labute approximate surface area is 140 Å². The second-order valence-corrected chi connectivity index (χ2v) is 5.92. The predicted octanol–water partition coefficient (Wildman–Crippen LogP) is 4.31. The van der Waals surface area contributed by atoms with Gasteiger partial charge in [-0.15, -0.1) is 0 Å². The van der Waals surface area contributed by atoms with E-state index in [1.807, 2.05) is 12.1 Å². The smallest absolute Gasteiger partial charge is 0.136 e. The summed E-state index contributed by atoms with van der Waals surface area (Å²) in [7, 11) is 0. The van der Waals surface area contributed by atoms with Gasteiger partial charge in [0.25, 0.3) is 0 Å². The number of amidine groups is 1. The third-order valence-corrected chi connectivity index (χ3v) is 3.73. The molecule has 0 saturated heterocycles. The molecule has 0 spiro atoms. The number of para-hydroxylation sites is 1. The molecule has 2 aromatic carbocycles. The summed E-state index contributed by atoms with van der Waals surface area (Å²) in [4.78, 5) is 7.11. The summed E-state index contributed by atoms with van der Waals surface area (Å²) < 4.78 is 0. The topological polar surface area (TPSA) is 27.6 Å². The first-order valence-electron chi connectivity index (χ1n) is 8.30. The van der Waals surface area contributed by atoms with E-state index in [1.165, 1.54) is 0 Å². The van der Waals surface area contributed by atoms with Gasteiger partial charge in [-0.25, -0.2) is 0 Å². The molecule has 0 aliphatic heterocycles. The Morgan fingerprint density at radius 1 is 0.957 bits per heavy atom. The van der Waals surface area contributed by atoms with Crippen LogP contribution in [0.15, 0.2) is 65.7 Å². The summed E-state index contributed by atoms with van der Waals surface area (Å²) in [6.45, 7) is 10.2. The van der Waals surface area contributed by atoms with Gasteiger partial charge in [0.2, 0.25) is 0 Å². The minimum atomic E-state index is -0.250. The molecule has 0 aliphatic carbocycles. The van der Waals surface area contributed by atoms with Crippen LogP contribution in [-0.2, 0) is 0 Å². The van der Waals surface area contributed by atoms with Crippen molar-refractivity contribution in [3.63, 3.8) is 0 Å². The highest BCUT2D eigenvalue weighted by Gasteiger charge is 2.30. The van der Waals surface area contributed by atoms with Crippen molar-refractivity contribution in [2.24, 2.45) is 4.99 Å². The molecular weight excluding hydrogens is 282 g/mol. The molecule has 2 aromatic rings. The number of aliphatic imine (C=N–C) groups is 1. The molecule has 0 amide bonds. The molecule has 0 fully saturated rings. The quantitative estimate of drug-likeness (QED) is 0.489. The summed E-state index contributed by atoms with van der Waals surface area (Å²) in [5.74, 6) is 0.991. The van der Waals surface area contributed by atoms with Crippen molar-refractivity contribution in [2.75, 3.05) is 18.0 Å². The van der Waals surface area contributed by atoms with Crippen molar-refractivity contribution in [3.8, 4) is 0 Å². The van der Waals surface area contributed by atoms with E-state index in [2.05, 4.69) is 86.4 Å². The zero-order valence-electron chi connectivity index (χ0n) is 14.6. The first-order chi connectivity index (χ1) is 11.1. The number of benzene rings is 2. The minimum Gasteiger partial charge on any atom is -0.308 e. The Bertz CT molecular complexity index is 618. The monoisotopic (exact) mass is 309 g/mol. The molecular formula is C20H27N3. The third-order valence-electron chi connectivity index (χ3n) is 3.73. The van der Waals surface area contributed by atoms with Crippen LogP contribution in [0.25, 0.3) is 0 Å². The second-order valence-electron chi connectivity index (χ2n) is 5.92. The maximum atomic E-state index is 4.82. The van der Waals surface area contributed by atoms with Crippen molar-refractivity contribution in [2.45, 2.75) is 33.4 Å². The van der Waals surface area contributed by atoms with E-state index in [0.29, 0.717) is 0 Å². The highest BCUT2D eigenvalue weighted by atomic mass is 15.3. The lowest BCUT2D eigenvalue weighted by Crippen LogP contribution is -2.57. The van der Waals surface area contributed by atoms with Crippen LogP contribution >= 0.6 is 0 Å². The predicted molar refractivity (Wildman–Crippen MR) is 100 cm³/mol. The fourth-order valence-electron chi connectivity index (χ4n) is 2.83. The van der Waals surface area contributed by atoms with Crippen LogP contribution in [0.5, 0.6) is 0 Å². The first-order valence-corrected chi connectivity index (χ1v) is 8.30. The Morgan fingerprint density at radius 2 is 1.52 bits per heavy atom. The fourth-order valence-corrected chi connectivity index (χ4v) is 2.83. The molecule has 0 unspecified atom stereocenters. The van der Waals surface area contributed by atoms with Gasteiger partial charge in [-0.2, -0.15) is 0 Å². The zero-order valence-corrected chi connectivity index (χ0v) is 14.6. The lowest BCUT2D eigenvalue weighted by atomic mass is 10.1. The highest BCUT2D eigenvalue weighted by molar-refractivity contribution is 6.10. The molecule has 0 heterocycles. The maximum Gasteiger partial charge on any atom is 0.136 e. The van der Waals surface area contributed by atoms with Crippen LogP contribution in [0.4, 0.5) is 5.69 Å². The molecule has 1 N–H and O–H groups in total. The van der Waals surface area contributed by atoms with E-state index in [0.717, 1.165) is 30.2 Å². The lowest BCUT2D eigenvalue weighted by molar-refractivity contribution is 0.413. The van der Waals surface area contributed by atoms with Crippen LogP contribution in [-0.4, -0.2) is 24.6 Å². The van der Waals surface area contributed by atoms with Crippen LogP contribution in [0.2, 0.25) is 0 Å². The van der Waals surface area contributed by atoms with Gasteiger partial charge in [0.1, 0.15) is 5.84 Å². The molecule has 3 nitrogen and oxygen atoms in total. The first kappa shape index (κ1) is 17.2. The number of rotatable bonds is 6. The molecule has 3 heteroatoms. The van der Waals surface area contributed by atoms with Crippen molar-refractivity contribution in [3.05, 3.63) is 66.2 Å². The van der Waals surface area contributed by atoms with Gasteiger partial charge in [0.15, 0.2) is 0 Å². The Morgan fingerprint density at radius 3 is 2.04 bits per heavy atom. The van der Waals surface area contributed by atoms with Gasteiger partial charge in [-0.1, -0.05) is 55.5 Å². The Kier molecular flexibility index (Phi) is 5.94. The van der Waals surface area contributed by atoms with Gasteiger partial charge in [-0.3, -0.25) is 10.3 Å². The molecule has 2 rings (SSSR count). The van der Waals surface area contributed by atoms with Crippen LogP contribution < -0.4 is 10.2 Å². The number of hydrogen-bond donors (Lipinski definition) is 1. The van der Waals surface area contributed by atoms with Gasteiger partial charge in [0, 0.05) is 17.8 Å². The molecule has 0 aromatic heterocycles. The fraction of sp³-hybridized carbons (Fsp3) is 0.350. The average molecular weight is 309 g/mol. The molecule has 0 radical (unpaired) electrons. The van der Waals surface area contributed by atoms with Crippen molar-refractivity contribution < 1.29 is 0 Å². The zero-order chi connectivity index (χ0) is 16.7. The van der Waals surface area contributed by atoms with E-state index in [-0.39, 0.29) is 5.66 Å². The average Bonchev–Trinajstić information content (AvgIpc) is 2.56. The Balaban J connectivity index is 2.57. The molecule has 0 atom stereocenters. The third kappa shape index (κ3) is 4.20. The minimum absolute atomic E-state index is 0.250. The van der Waals surface area contributed by atoms with Gasteiger partial charge in [-0.05, 0) is 39.4 Å². The molecule has 122 valence electrons. The number of nitrogens with zero attached hydrogens (tertiary/aromatic N) is 2. The second kappa shape index (κ2) is 7.93. The number of hydrogen-bond acceptors (Lipinski definition) is 2. The number of anilines is 1. The van der Waals surface area contributed by atoms with Crippen molar-refractivity contribution in [1.29, 1.82) is 0 Å². The summed E-state index contributed by atoms with van der Waals surface area (Å²) in [6, 6.07) is 20.8. The van der Waals surface area contributed by atoms with Gasteiger partial charge < -0.3 is 4.90 Å². The van der Waals surface area contributed by atoms with E-state index in [4.69, 9.17) is 4.99 Å². The van der Waals surface area contributed by atoms with E-state index in [1.54, 1.807) is 0 Å².